The summed E-state index contributed by atoms with van der Waals surface area (Å²) in [4.78, 5) is 4.30. The number of likely N-dealkylation sites (N-methyl/N-ethyl adjacent to an activating group) is 1. The summed E-state index contributed by atoms with van der Waals surface area (Å²) in [6.07, 6.45) is 5.60. The van der Waals surface area contributed by atoms with E-state index in [0.717, 1.165) is 13.0 Å². The highest BCUT2D eigenvalue weighted by molar-refractivity contribution is 7.09. The molecule has 1 aromatic heterocycles. The Bertz CT molecular complexity index is 257. The van der Waals surface area contributed by atoms with Gasteiger partial charge < -0.3 is 10.1 Å². The Morgan fingerprint density at radius 3 is 3.29 bits per heavy atom. The number of rotatable bonds is 4. The fourth-order valence-corrected chi connectivity index (χ4v) is 2.56. The van der Waals surface area contributed by atoms with Gasteiger partial charge in [-0.3, -0.25) is 0 Å². The zero-order valence-corrected chi connectivity index (χ0v) is 9.22. The minimum Gasteiger partial charge on any atom is -0.377 e. The maximum absolute atomic E-state index is 5.67. The second kappa shape index (κ2) is 4.87. The third kappa shape index (κ3) is 2.32. The second-order valence-corrected chi connectivity index (χ2v) is 4.56. The van der Waals surface area contributed by atoms with Gasteiger partial charge in [0.15, 0.2) is 0 Å². The molecule has 1 aliphatic rings. The van der Waals surface area contributed by atoms with Crippen LogP contribution < -0.4 is 5.32 Å². The highest BCUT2D eigenvalue weighted by atomic mass is 32.1. The monoisotopic (exact) mass is 212 g/mol. The summed E-state index contributed by atoms with van der Waals surface area (Å²) in [7, 11) is 2.00. The molecule has 2 unspecified atom stereocenters. The molecule has 0 radical (unpaired) electrons. The van der Waals surface area contributed by atoms with E-state index in [2.05, 4.69) is 10.3 Å². The molecule has 0 saturated carbocycles. The average Bonchev–Trinajstić information content (AvgIpc) is 2.86. The molecule has 0 aromatic carbocycles. The molecule has 1 N–H and O–H groups in total. The van der Waals surface area contributed by atoms with Crippen molar-refractivity contribution in [3.8, 4) is 0 Å². The summed E-state index contributed by atoms with van der Waals surface area (Å²) in [5.41, 5.74) is 0. The minimum atomic E-state index is 0.379. The van der Waals surface area contributed by atoms with Crippen LogP contribution in [0.25, 0.3) is 0 Å². The van der Waals surface area contributed by atoms with Crippen molar-refractivity contribution < 1.29 is 4.74 Å². The maximum Gasteiger partial charge on any atom is 0.0941 e. The van der Waals surface area contributed by atoms with Crippen LogP contribution in [0.1, 0.15) is 17.8 Å². The Morgan fingerprint density at radius 2 is 2.71 bits per heavy atom. The third-order valence-electron chi connectivity index (χ3n) is 2.66. The molecular formula is C10H16N2OS. The second-order valence-electron chi connectivity index (χ2n) is 3.58. The number of nitrogens with one attached hydrogen (secondary N) is 1. The van der Waals surface area contributed by atoms with Crippen LogP contribution >= 0.6 is 11.3 Å². The zero-order valence-electron chi connectivity index (χ0n) is 8.40. The van der Waals surface area contributed by atoms with Gasteiger partial charge in [-0.25, -0.2) is 4.98 Å². The smallest absolute Gasteiger partial charge is 0.0941 e. The molecule has 2 heterocycles. The zero-order chi connectivity index (χ0) is 9.80. The Labute approximate surface area is 88.5 Å². The Balaban J connectivity index is 1.92. The van der Waals surface area contributed by atoms with Crippen molar-refractivity contribution in [1.82, 2.24) is 10.3 Å². The first-order valence-electron chi connectivity index (χ1n) is 5.07. The van der Waals surface area contributed by atoms with Gasteiger partial charge in [-0.1, -0.05) is 0 Å². The standard InChI is InChI=1S/C10H16N2OS/c1-11-8(9-3-2-5-13-9)7-10-12-4-6-14-10/h4,6,8-9,11H,2-3,5,7H2,1H3. The summed E-state index contributed by atoms with van der Waals surface area (Å²) in [5, 5.41) is 6.54. The third-order valence-corrected chi connectivity index (χ3v) is 3.46. The van der Waals surface area contributed by atoms with E-state index in [9.17, 15) is 0 Å². The molecule has 1 saturated heterocycles. The van der Waals surface area contributed by atoms with E-state index < -0.39 is 0 Å². The van der Waals surface area contributed by atoms with Gasteiger partial charge in [0.25, 0.3) is 0 Å². The molecule has 2 rings (SSSR count). The van der Waals surface area contributed by atoms with E-state index in [1.165, 1.54) is 17.8 Å². The molecule has 3 nitrogen and oxygen atoms in total. The predicted octanol–water partition coefficient (Wildman–Crippen LogP) is 1.45. The minimum absolute atomic E-state index is 0.379. The van der Waals surface area contributed by atoms with Crippen molar-refractivity contribution >= 4 is 11.3 Å². The van der Waals surface area contributed by atoms with Gasteiger partial charge in [-0.05, 0) is 19.9 Å². The number of thiazole rings is 1. The van der Waals surface area contributed by atoms with Crippen LogP contribution in [0.5, 0.6) is 0 Å². The fourth-order valence-electron chi connectivity index (χ4n) is 1.88. The lowest BCUT2D eigenvalue weighted by atomic mass is 10.1. The Hall–Kier alpha value is -0.450. The largest absolute Gasteiger partial charge is 0.377 e. The van der Waals surface area contributed by atoms with Gasteiger partial charge in [0, 0.05) is 30.6 Å². The first-order valence-corrected chi connectivity index (χ1v) is 5.95. The number of aromatic nitrogens is 1. The lowest BCUT2D eigenvalue weighted by molar-refractivity contribution is 0.0808. The van der Waals surface area contributed by atoms with Gasteiger partial charge in [0.2, 0.25) is 0 Å². The molecular weight excluding hydrogens is 196 g/mol. The van der Waals surface area contributed by atoms with Gasteiger partial charge in [0.1, 0.15) is 0 Å². The summed E-state index contributed by atoms with van der Waals surface area (Å²) >= 11 is 1.72. The first-order chi connectivity index (χ1) is 6.90. The predicted molar refractivity (Wildman–Crippen MR) is 57.6 cm³/mol. The van der Waals surface area contributed by atoms with Crippen LogP contribution in [0.3, 0.4) is 0 Å². The van der Waals surface area contributed by atoms with Crippen molar-refractivity contribution in [1.29, 1.82) is 0 Å². The van der Waals surface area contributed by atoms with Gasteiger partial charge in [0.05, 0.1) is 11.1 Å². The Kier molecular flexibility index (Phi) is 3.50. The Morgan fingerprint density at radius 1 is 1.79 bits per heavy atom. The molecule has 14 heavy (non-hydrogen) atoms. The van der Waals surface area contributed by atoms with E-state index >= 15 is 0 Å². The van der Waals surface area contributed by atoms with Crippen LogP contribution in [0.15, 0.2) is 11.6 Å². The van der Waals surface area contributed by atoms with Gasteiger partial charge in [-0.2, -0.15) is 0 Å². The summed E-state index contributed by atoms with van der Waals surface area (Å²) < 4.78 is 5.67. The van der Waals surface area contributed by atoms with Gasteiger partial charge >= 0.3 is 0 Å². The molecule has 1 aliphatic heterocycles. The quantitative estimate of drug-likeness (QED) is 0.820. The molecule has 4 heteroatoms. The summed E-state index contributed by atoms with van der Waals surface area (Å²) in [6.45, 7) is 0.917. The average molecular weight is 212 g/mol. The fraction of sp³-hybridized carbons (Fsp3) is 0.700. The maximum atomic E-state index is 5.67. The summed E-state index contributed by atoms with van der Waals surface area (Å²) in [5.74, 6) is 0. The number of hydrogen-bond acceptors (Lipinski definition) is 4. The molecule has 0 aliphatic carbocycles. The SMILES string of the molecule is CNC(Cc1nccs1)C1CCCO1. The lowest BCUT2D eigenvalue weighted by Gasteiger charge is -2.21. The summed E-state index contributed by atoms with van der Waals surface area (Å²) in [6, 6.07) is 0.420. The highest BCUT2D eigenvalue weighted by Gasteiger charge is 2.25. The molecule has 2 atom stereocenters. The molecule has 1 aromatic rings. The topological polar surface area (TPSA) is 34.2 Å². The molecule has 1 fully saturated rings. The van der Waals surface area contributed by atoms with Crippen LogP contribution in [-0.4, -0.2) is 30.8 Å². The van der Waals surface area contributed by atoms with E-state index in [-0.39, 0.29) is 0 Å². The normalized spacial score (nSPS) is 23.9. The van der Waals surface area contributed by atoms with Crippen molar-refractivity contribution in [2.45, 2.75) is 31.4 Å². The van der Waals surface area contributed by atoms with Crippen LogP contribution in [0, 0.1) is 0 Å². The lowest BCUT2D eigenvalue weighted by Crippen LogP contribution is -2.39. The van der Waals surface area contributed by atoms with E-state index in [4.69, 9.17) is 4.74 Å². The van der Waals surface area contributed by atoms with E-state index in [1.54, 1.807) is 11.3 Å². The van der Waals surface area contributed by atoms with Crippen LogP contribution in [-0.2, 0) is 11.2 Å². The first kappa shape index (κ1) is 10.1. The van der Waals surface area contributed by atoms with Crippen LogP contribution in [0.2, 0.25) is 0 Å². The van der Waals surface area contributed by atoms with E-state index in [0.29, 0.717) is 12.1 Å². The van der Waals surface area contributed by atoms with Crippen LogP contribution in [0.4, 0.5) is 0 Å². The number of hydrogen-bond donors (Lipinski definition) is 1. The highest BCUT2D eigenvalue weighted by Crippen LogP contribution is 2.19. The molecule has 0 amide bonds. The van der Waals surface area contributed by atoms with Crippen molar-refractivity contribution in [2.75, 3.05) is 13.7 Å². The molecule has 0 spiro atoms. The van der Waals surface area contributed by atoms with Gasteiger partial charge in [-0.15, -0.1) is 11.3 Å². The van der Waals surface area contributed by atoms with E-state index in [1.807, 2.05) is 18.6 Å². The van der Waals surface area contributed by atoms with Crippen molar-refractivity contribution in [2.24, 2.45) is 0 Å². The number of nitrogens with zero attached hydrogens (tertiary/aromatic N) is 1. The number of ether oxygens (including phenoxy) is 1. The van der Waals surface area contributed by atoms with Crippen molar-refractivity contribution in [3.05, 3.63) is 16.6 Å². The van der Waals surface area contributed by atoms with Crippen molar-refractivity contribution in [3.63, 3.8) is 0 Å². The molecule has 78 valence electrons. The molecule has 0 bridgehead atoms.